The highest BCUT2D eigenvalue weighted by Gasteiger charge is 2.14. The Bertz CT molecular complexity index is 934. The summed E-state index contributed by atoms with van der Waals surface area (Å²) >= 11 is 0. The molecule has 0 saturated heterocycles. The summed E-state index contributed by atoms with van der Waals surface area (Å²) in [5.74, 6) is 0.151. The molecule has 0 aliphatic rings. The van der Waals surface area contributed by atoms with Crippen LogP contribution in [-0.4, -0.2) is 13.5 Å². The SMILES string of the molecule is NS(=O)(=O)c1ccc(-c2ccccc2)c(-c2ccc(O)cc2)c1. The van der Waals surface area contributed by atoms with Crippen molar-refractivity contribution in [2.75, 3.05) is 0 Å². The smallest absolute Gasteiger partial charge is 0.238 e. The van der Waals surface area contributed by atoms with Gasteiger partial charge < -0.3 is 5.11 Å². The average molecular weight is 325 g/mol. The molecule has 0 atom stereocenters. The second kappa shape index (κ2) is 5.87. The van der Waals surface area contributed by atoms with Crippen LogP contribution >= 0.6 is 0 Å². The normalized spacial score (nSPS) is 11.3. The van der Waals surface area contributed by atoms with Gasteiger partial charge in [0.05, 0.1) is 4.90 Å². The van der Waals surface area contributed by atoms with Crippen molar-refractivity contribution in [1.29, 1.82) is 0 Å². The molecular formula is C18H15NO3S. The predicted octanol–water partition coefficient (Wildman–Crippen LogP) is 3.37. The summed E-state index contributed by atoms with van der Waals surface area (Å²) in [5, 5.41) is 14.7. The number of benzene rings is 3. The summed E-state index contributed by atoms with van der Waals surface area (Å²) in [6.45, 7) is 0. The number of hydrogen-bond donors (Lipinski definition) is 2. The van der Waals surface area contributed by atoms with Gasteiger partial charge in [0.1, 0.15) is 5.75 Å². The van der Waals surface area contributed by atoms with Crippen molar-refractivity contribution in [1.82, 2.24) is 0 Å². The predicted molar refractivity (Wildman–Crippen MR) is 90.4 cm³/mol. The van der Waals surface area contributed by atoms with Crippen molar-refractivity contribution in [3.8, 4) is 28.0 Å². The highest BCUT2D eigenvalue weighted by atomic mass is 32.2. The van der Waals surface area contributed by atoms with Crippen LogP contribution in [0, 0.1) is 0 Å². The van der Waals surface area contributed by atoms with Gasteiger partial charge in [0, 0.05) is 0 Å². The van der Waals surface area contributed by atoms with Gasteiger partial charge in [-0.3, -0.25) is 0 Å². The Morgan fingerprint density at radius 2 is 1.35 bits per heavy atom. The maximum Gasteiger partial charge on any atom is 0.238 e. The third-order valence-electron chi connectivity index (χ3n) is 3.58. The fraction of sp³-hybridized carbons (Fsp3) is 0. The Kier molecular flexibility index (Phi) is 3.90. The Morgan fingerprint density at radius 1 is 0.739 bits per heavy atom. The van der Waals surface area contributed by atoms with Crippen LogP contribution in [0.25, 0.3) is 22.3 Å². The number of nitrogens with two attached hydrogens (primary N) is 1. The topological polar surface area (TPSA) is 80.4 Å². The van der Waals surface area contributed by atoms with Gasteiger partial charge in [-0.2, -0.15) is 0 Å². The number of sulfonamides is 1. The average Bonchev–Trinajstić information content (AvgIpc) is 2.55. The molecular weight excluding hydrogens is 310 g/mol. The van der Waals surface area contributed by atoms with Crippen LogP contribution in [0.4, 0.5) is 0 Å². The van der Waals surface area contributed by atoms with Crippen molar-refractivity contribution >= 4 is 10.0 Å². The van der Waals surface area contributed by atoms with Crippen LogP contribution in [0.3, 0.4) is 0 Å². The van der Waals surface area contributed by atoms with E-state index in [2.05, 4.69) is 0 Å². The van der Waals surface area contributed by atoms with Crippen LogP contribution < -0.4 is 5.14 Å². The Hall–Kier alpha value is -2.63. The zero-order valence-corrected chi connectivity index (χ0v) is 13.0. The zero-order chi connectivity index (χ0) is 16.4. The third-order valence-corrected chi connectivity index (χ3v) is 4.49. The van der Waals surface area contributed by atoms with Gasteiger partial charge in [-0.05, 0) is 46.5 Å². The van der Waals surface area contributed by atoms with E-state index < -0.39 is 10.0 Å². The molecule has 0 fully saturated rings. The second-order valence-corrected chi connectivity index (χ2v) is 6.73. The molecule has 0 aliphatic carbocycles. The summed E-state index contributed by atoms with van der Waals surface area (Å²) in [5.41, 5.74) is 3.40. The van der Waals surface area contributed by atoms with Gasteiger partial charge >= 0.3 is 0 Å². The van der Waals surface area contributed by atoms with Gasteiger partial charge in [-0.1, -0.05) is 48.5 Å². The van der Waals surface area contributed by atoms with E-state index in [1.54, 1.807) is 36.4 Å². The van der Waals surface area contributed by atoms with E-state index >= 15 is 0 Å². The van der Waals surface area contributed by atoms with E-state index in [-0.39, 0.29) is 10.6 Å². The fourth-order valence-corrected chi connectivity index (χ4v) is 2.99. The van der Waals surface area contributed by atoms with Crippen LogP contribution in [0.1, 0.15) is 0 Å². The first kappa shape index (κ1) is 15.3. The molecule has 3 N–H and O–H groups in total. The van der Waals surface area contributed by atoms with E-state index in [4.69, 9.17) is 5.14 Å². The van der Waals surface area contributed by atoms with E-state index in [0.717, 1.165) is 22.3 Å². The second-order valence-electron chi connectivity index (χ2n) is 5.17. The summed E-state index contributed by atoms with van der Waals surface area (Å²) in [6, 6.07) is 21.1. The summed E-state index contributed by atoms with van der Waals surface area (Å²) in [7, 11) is -3.79. The van der Waals surface area contributed by atoms with Gasteiger partial charge in [0.2, 0.25) is 10.0 Å². The summed E-state index contributed by atoms with van der Waals surface area (Å²) in [4.78, 5) is 0.0558. The maximum atomic E-state index is 11.7. The Balaban J connectivity index is 2.26. The Morgan fingerprint density at radius 3 is 1.96 bits per heavy atom. The largest absolute Gasteiger partial charge is 0.508 e. The monoisotopic (exact) mass is 325 g/mol. The number of rotatable bonds is 3. The molecule has 3 rings (SSSR count). The maximum absolute atomic E-state index is 11.7. The number of phenols is 1. The minimum Gasteiger partial charge on any atom is -0.508 e. The number of phenolic OH excluding ortho intramolecular Hbond substituents is 1. The minimum atomic E-state index is -3.79. The Labute approximate surface area is 134 Å². The van der Waals surface area contributed by atoms with Gasteiger partial charge in [-0.15, -0.1) is 0 Å². The third kappa shape index (κ3) is 3.26. The number of primary sulfonamides is 1. The highest BCUT2D eigenvalue weighted by Crippen LogP contribution is 2.34. The summed E-state index contributed by atoms with van der Waals surface area (Å²) in [6.07, 6.45) is 0. The van der Waals surface area contributed by atoms with Crippen LogP contribution in [-0.2, 0) is 10.0 Å². The molecule has 23 heavy (non-hydrogen) atoms. The quantitative estimate of drug-likeness (QED) is 0.774. The first-order chi connectivity index (χ1) is 10.9. The molecule has 0 saturated carbocycles. The molecule has 0 heterocycles. The van der Waals surface area contributed by atoms with Gasteiger partial charge in [0.15, 0.2) is 0 Å². The molecule has 3 aromatic carbocycles. The zero-order valence-electron chi connectivity index (χ0n) is 12.2. The lowest BCUT2D eigenvalue weighted by Gasteiger charge is -2.12. The van der Waals surface area contributed by atoms with E-state index in [1.807, 2.05) is 30.3 Å². The van der Waals surface area contributed by atoms with Crippen molar-refractivity contribution in [2.45, 2.75) is 4.90 Å². The van der Waals surface area contributed by atoms with Crippen LogP contribution in [0.15, 0.2) is 77.7 Å². The first-order valence-corrected chi connectivity index (χ1v) is 8.51. The first-order valence-electron chi connectivity index (χ1n) is 6.97. The molecule has 5 heteroatoms. The standard InChI is InChI=1S/C18H15NO3S/c19-23(21,22)16-10-11-17(13-4-2-1-3-5-13)18(12-16)14-6-8-15(20)9-7-14/h1-12,20H,(H2,19,21,22). The van der Waals surface area contributed by atoms with Crippen molar-refractivity contribution in [3.63, 3.8) is 0 Å². The lowest BCUT2D eigenvalue weighted by Crippen LogP contribution is -2.12. The molecule has 0 bridgehead atoms. The van der Waals surface area contributed by atoms with Crippen molar-refractivity contribution in [2.24, 2.45) is 5.14 Å². The van der Waals surface area contributed by atoms with Crippen molar-refractivity contribution < 1.29 is 13.5 Å². The van der Waals surface area contributed by atoms with E-state index in [9.17, 15) is 13.5 Å². The lowest BCUT2D eigenvalue weighted by atomic mass is 9.94. The fourth-order valence-electron chi connectivity index (χ4n) is 2.45. The molecule has 0 aromatic heterocycles. The van der Waals surface area contributed by atoms with Gasteiger partial charge in [-0.25, -0.2) is 13.6 Å². The molecule has 0 aliphatic heterocycles. The molecule has 4 nitrogen and oxygen atoms in total. The van der Waals surface area contributed by atoms with Gasteiger partial charge in [0.25, 0.3) is 0 Å². The molecule has 3 aromatic rings. The molecule has 116 valence electrons. The van der Waals surface area contributed by atoms with E-state index in [0.29, 0.717) is 0 Å². The highest BCUT2D eigenvalue weighted by molar-refractivity contribution is 7.89. The van der Waals surface area contributed by atoms with Crippen LogP contribution in [0.2, 0.25) is 0 Å². The lowest BCUT2D eigenvalue weighted by molar-refractivity contribution is 0.475. The molecule has 0 radical (unpaired) electrons. The molecule has 0 amide bonds. The van der Waals surface area contributed by atoms with E-state index in [1.165, 1.54) is 6.07 Å². The molecule has 0 unspecified atom stereocenters. The molecule has 0 spiro atoms. The summed E-state index contributed by atoms with van der Waals surface area (Å²) < 4.78 is 23.3. The van der Waals surface area contributed by atoms with Crippen molar-refractivity contribution in [3.05, 3.63) is 72.8 Å². The van der Waals surface area contributed by atoms with Crippen LogP contribution in [0.5, 0.6) is 5.75 Å². The number of aromatic hydroxyl groups is 1. The minimum absolute atomic E-state index is 0.0558. The number of hydrogen-bond acceptors (Lipinski definition) is 3.